The minimum Gasteiger partial charge on any atom is -0.477 e. The van der Waals surface area contributed by atoms with E-state index in [4.69, 9.17) is 5.11 Å². The van der Waals surface area contributed by atoms with Crippen LogP contribution in [-0.2, 0) is 6.54 Å². The van der Waals surface area contributed by atoms with E-state index in [9.17, 15) is 4.79 Å². The number of carboxylic acid groups (broad SMARTS) is 1. The van der Waals surface area contributed by atoms with Crippen molar-refractivity contribution in [2.75, 3.05) is 6.54 Å². The first-order chi connectivity index (χ1) is 9.15. The molecular formula is C15H21NO2S. The fraction of sp³-hybridized carbons (Fsp3) is 0.667. The summed E-state index contributed by atoms with van der Waals surface area (Å²) in [5.74, 6) is 0.1000. The average molecular weight is 279 g/mol. The number of carbonyl (C=O) groups is 1. The predicted octanol–water partition coefficient (Wildman–Crippen LogP) is 3.52. The summed E-state index contributed by atoms with van der Waals surface area (Å²) in [5, 5.41) is 9.07. The number of fused-ring (bicyclic) bond motifs is 1. The summed E-state index contributed by atoms with van der Waals surface area (Å²) < 4.78 is 0. The maximum atomic E-state index is 11.0. The number of hydrogen-bond acceptors (Lipinski definition) is 3. The molecule has 0 amide bonds. The van der Waals surface area contributed by atoms with Crippen LogP contribution in [0.25, 0.3) is 0 Å². The molecule has 1 N–H and O–H groups in total. The van der Waals surface area contributed by atoms with Crippen molar-refractivity contribution in [1.29, 1.82) is 0 Å². The molecule has 2 heterocycles. The smallest absolute Gasteiger partial charge is 0.345 e. The summed E-state index contributed by atoms with van der Waals surface area (Å²) in [5.41, 5.74) is 1.22. The second-order valence-corrected chi connectivity index (χ2v) is 7.12. The first-order valence-corrected chi connectivity index (χ1v) is 8.03. The van der Waals surface area contributed by atoms with E-state index in [1.54, 1.807) is 0 Å². The molecule has 3 rings (SSSR count). The van der Waals surface area contributed by atoms with E-state index in [1.165, 1.54) is 55.5 Å². The van der Waals surface area contributed by atoms with Crippen LogP contribution in [0.15, 0.2) is 6.07 Å². The Labute approximate surface area is 118 Å². The lowest BCUT2D eigenvalue weighted by atomic mass is 9.85. The number of aromatic carboxylic acids is 1. The fourth-order valence-electron chi connectivity index (χ4n) is 3.70. The molecule has 0 radical (unpaired) electrons. The van der Waals surface area contributed by atoms with E-state index in [-0.39, 0.29) is 0 Å². The molecule has 1 aliphatic carbocycles. The third kappa shape index (κ3) is 2.56. The predicted molar refractivity (Wildman–Crippen MR) is 76.8 cm³/mol. The Hall–Kier alpha value is -0.870. The van der Waals surface area contributed by atoms with Gasteiger partial charge < -0.3 is 5.11 Å². The molecule has 0 spiro atoms. The summed E-state index contributed by atoms with van der Waals surface area (Å²) >= 11 is 1.41. The van der Waals surface area contributed by atoms with Crippen molar-refractivity contribution in [3.63, 3.8) is 0 Å². The lowest BCUT2D eigenvalue weighted by molar-refractivity contribution is 0.0702. The SMILES string of the molecule is Cc1sc(C(=O)O)cc1CN1CCC2CCCCC21. The van der Waals surface area contributed by atoms with Gasteiger partial charge in [0.2, 0.25) is 0 Å². The van der Waals surface area contributed by atoms with Crippen molar-refractivity contribution in [3.05, 3.63) is 21.4 Å². The Balaban J connectivity index is 1.73. The van der Waals surface area contributed by atoms with Crippen molar-refractivity contribution in [1.82, 2.24) is 4.90 Å². The first kappa shape index (κ1) is 13.1. The molecule has 2 fully saturated rings. The number of nitrogens with zero attached hydrogens (tertiary/aromatic N) is 1. The Morgan fingerprint density at radius 1 is 1.42 bits per heavy atom. The first-order valence-electron chi connectivity index (χ1n) is 7.22. The summed E-state index contributed by atoms with van der Waals surface area (Å²) in [6.07, 6.45) is 6.82. The third-order valence-corrected chi connectivity index (χ3v) is 5.81. The Bertz CT molecular complexity index is 482. The number of likely N-dealkylation sites (tertiary alicyclic amines) is 1. The minimum absolute atomic E-state index is 0.479. The Morgan fingerprint density at radius 3 is 2.95 bits per heavy atom. The van der Waals surface area contributed by atoms with Crippen molar-refractivity contribution < 1.29 is 9.90 Å². The summed E-state index contributed by atoms with van der Waals surface area (Å²) in [6, 6.07) is 2.62. The third-order valence-electron chi connectivity index (χ3n) is 4.73. The zero-order chi connectivity index (χ0) is 13.4. The highest BCUT2D eigenvalue weighted by Gasteiger charge is 2.35. The van der Waals surface area contributed by atoms with Gasteiger partial charge in [-0.1, -0.05) is 12.8 Å². The summed E-state index contributed by atoms with van der Waals surface area (Å²) in [7, 11) is 0. The van der Waals surface area contributed by atoms with E-state index >= 15 is 0 Å². The zero-order valence-electron chi connectivity index (χ0n) is 11.4. The molecule has 19 heavy (non-hydrogen) atoms. The van der Waals surface area contributed by atoms with Crippen LogP contribution in [0, 0.1) is 12.8 Å². The lowest BCUT2D eigenvalue weighted by Gasteiger charge is -2.31. The van der Waals surface area contributed by atoms with E-state index in [0.29, 0.717) is 4.88 Å². The Kier molecular flexibility index (Phi) is 3.63. The van der Waals surface area contributed by atoms with Crippen molar-refractivity contribution in [2.24, 2.45) is 5.92 Å². The van der Waals surface area contributed by atoms with E-state index < -0.39 is 5.97 Å². The molecule has 1 aromatic rings. The summed E-state index contributed by atoms with van der Waals surface area (Å²) in [4.78, 5) is 15.3. The van der Waals surface area contributed by atoms with Crippen LogP contribution in [0.4, 0.5) is 0 Å². The largest absolute Gasteiger partial charge is 0.477 e. The molecule has 1 aliphatic heterocycles. The molecule has 104 valence electrons. The Morgan fingerprint density at radius 2 is 2.21 bits per heavy atom. The molecule has 2 unspecified atom stereocenters. The van der Waals surface area contributed by atoms with Gasteiger partial charge in [0.15, 0.2) is 0 Å². The fourth-order valence-corrected chi connectivity index (χ4v) is 4.57. The van der Waals surface area contributed by atoms with Crippen molar-refractivity contribution in [3.8, 4) is 0 Å². The molecule has 0 bridgehead atoms. The maximum Gasteiger partial charge on any atom is 0.345 e. The lowest BCUT2D eigenvalue weighted by Crippen LogP contribution is -2.34. The van der Waals surface area contributed by atoms with Crippen LogP contribution >= 0.6 is 11.3 Å². The van der Waals surface area contributed by atoms with Crippen LogP contribution in [-0.4, -0.2) is 28.6 Å². The van der Waals surface area contributed by atoms with Gasteiger partial charge in [0.25, 0.3) is 0 Å². The molecule has 4 heteroatoms. The van der Waals surface area contributed by atoms with Gasteiger partial charge in [0.1, 0.15) is 4.88 Å². The number of aryl methyl sites for hydroxylation is 1. The van der Waals surface area contributed by atoms with Crippen LogP contribution in [0.3, 0.4) is 0 Å². The quantitative estimate of drug-likeness (QED) is 0.920. The maximum absolute atomic E-state index is 11.0. The molecule has 0 aromatic carbocycles. The van der Waals surface area contributed by atoms with Gasteiger partial charge >= 0.3 is 5.97 Å². The second-order valence-electron chi connectivity index (χ2n) is 5.87. The molecule has 2 aliphatic rings. The van der Waals surface area contributed by atoms with Crippen LogP contribution < -0.4 is 0 Å². The van der Waals surface area contributed by atoms with Gasteiger partial charge in [0.05, 0.1) is 0 Å². The zero-order valence-corrected chi connectivity index (χ0v) is 12.2. The molecular weight excluding hydrogens is 258 g/mol. The highest BCUT2D eigenvalue weighted by molar-refractivity contribution is 7.14. The van der Waals surface area contributed by atoms with Crippen molar-refractivity contribution in [2.45, 2.75) is 51.6 Å². The summed E-state index contributed by atoms with van der Waals surface area (Å²) in [6.45, 7) is 4.17. The monoisotopic (exact) mass is 279 g/mol. The van der Waals surface area contributed by atoms with Gasteiger partial charge in [-0.15, -0.1) is 11.3 Å². The highest BCUT2D eigenvalue weighted by atomic mass is 32.1. The van der Waals surface area contributed by atoms with E-state index in [2.05, 4.69) is 4.90 Å². The normalized spacial score (nSPS) is 27.4. The van der Waals surface area contributed by atoms with E-state index in [0.717, 1.165) is 23.4 Å². The van der Waals surface area contributed by atoms with Crippen molar-refractivity contribution >= 4 is 17.3 Å². The van der Waals surface area contributed by atoms with Crippen LogP contribution in [0.5, 0.6) is 0 Å². The van der Waals surface area contributed by atoms with Gasteiger partial charge in [0, 0.05) is 17.5 Å². The van der Waals surface area contributed by atoms with Gasteiger partial charge in [-0.2, -0.15) is 0 Å². The number of thiophene rings is 1. The van der Waals surface area contributed by atoms with E-state index in [1.807, 2.05) is 13.0 Å². The molecule has 1 saturated heterocycles. The van der Waals surface area contributed by atoms with Gasteiger partial charge in [-0.05, 0) is 50.3 Å². The number of carboxylic acids is 1. The van der Waals surface area contributed by atoms with Crippen LogP contribution in [0.2, 0.25) is 0 Å². The van der Waals surface area contributed by atoms with Crippen LogP contribution in [0.1, 0.15) is 52.2 Å². The highest BCUT2D eigenvalue weighted by Crippen LogP contribution is 2.37. The second kappa shape index (κ2) is 5.25. The van der Waals surface area contributed by atoms with Gasteiger partial charge in [-0.25, -0.2) is 4.79 Å². The molecule has 3 nitrogen and oxygen atoms in total. The standard InChI is InChI=1S/C15H21NO2S/c1-10-12(8-14(19-10)15(17)18)9-16-7-6-11-4-2-3-5-13(11)16/h8,11,13H,2-7,9H2,1H3,(H,17,18). The number of hydrogen-bond donors (Lipinski definition) is 1. The van der Waals surface area contributed by atoms with Gasteiger partial charge in [-0.3, -0.25) is 4.90 Å². The minimum atomic E-state index is -0.795. The average Bonchev–Trinajstić information content (AvgIpc) is 2.96. The molecule has 1 saturated carbocycles. The molecule has 1 aromatic heterocycles. The topological polar surface area (TPSA) is 40.5 Å². The molecule has 2 atom stereocenters. The number of rotatable bonds is 3.